The molecule has 8 heteroatoms. The predicted octanol–water partition coefficient (Wildman–Crippen LogP) is 3.49. The Balaban J connectivity index is 1.34. The summed E-state index contributed by atoms with van der Waals surface area (Å²) in [4.78, 5) is 27.4. The fourth-order valence-corrected chi connectivity index (χ4v) is 4.38. The number of carbonyl (C=O) groups is 2. The molecular weight excluding hydrogens is 412 g/mol. The number of benzene rings is 1. The molecule has 0 aliphatic carbocycles. The lowest BCUT2D eigenvalue weighted by atomic mass is 10.1. The molecular formula is C23H26N4O3S. The first-order valence-corrected chi connectivity index (χ1v) is 11.6. The highest BCUT2D eigenvalue weighted by Crippen LogP contribution is 2.17. The zero-order chi connectivity index (χ0) is 21.6. The molecule has 0 saturated carbocycles. The largest absolute Gasteiger partial charge is 0.468 e. The molecule has 0 spiro atoms. The number of rotatable bonds is 8. The van der Waals surface area contributed by atoms with Gasteiger partial charge in [0.15, 0.2) is 5.69 Å². The smallest absolute Gasteiger partial charge is 0.272 e. The molecule has 0 unspecified atom stereocenters. The summed E-state index contributed by atoms with van der Waals surface area (Å²) < 4.78 is 6.96. The van der Waals surface area contributed by atoms with E-state index in [1.807, 2.05) is 42.2 Å². The van der Waals surface area contributed by atoms with Crippen molar-refractivity contribution in [2.75, 3.05) is 18.8 Å². The molecule has 1 aromatic carbocycles. The zero-order valence-electron chi connectivity index (χ0n) is 17.5. The molecule has 4 rings (SSSR count). The molecule has 0 bridgehead atoms. The van der Waals surface area contributed by atoms with Gasteiger partial charge in [0.05, 0.1) is 12.0 Å². The molecule has 0 saturated heterocycles. The van der Waals surface area contributed by atoms with E-state index in [2.05, 4.69) is 16.5 Å². The Morgan fingerprint density at radius 2 is 2.13 bits per heavy atom. The van der Waals surface area contributed by atoms with Crippen LogP contribution in [0.3, 0.4) is 0 Å². The van der Waals surface area contributed by atoms with E-state index in [-0.39, 0.29) is 17.5 Å². The van der Waals surface area contributed by atoms with Gasteiger partial charge >= 0.3 is 0 Å². The normalized spacial score (nSPS) is 13.7. The number of nitrogens with zero attached hydrogens (tertiary/aromatic N) is 3. The van der Waals surface area contributed by atoms with Crippen molar-refractivity contribution in [2.45, 2.75) is 32.2 Å². The molecule has 3 aromatic rings. The highest BCUT2D eigenvalue weighted by Gasteiger charge is 2.26. The summed E-state index contributed by atoms with van der Waals surface area (Å²) in [7, 11) is 0. The maximum absolute atomic E-state index is 13.1. The lowest BCUT2D eigenvalue weighted by Crippen LogP contribution is -2.30. The number of fused-ring (bicyclic) bond motifs is 1. The van der Waals surface area contributed by atoms with Crippen LogP contribution in [0.5, 0.6) is 0 Å². The number of aryl methyl sites for hydroxylation is 2. The third kappa shape index (κ3) is 5.38. The third-order valence-corrected chi connectivity index (χ3v) is 6.11. The standard InChI is InChI=1S/C23H26N4O3S/c1-17-5-2-6-18(13-17)15-26-9-4-10-27-21(23(26)29)14-20(25-27)22(28)24-8-12-31-16-19-7-3-11-30-19/h2-3,5-7,11,13-14H,4,8-10,12,15-16H2,1H3,(H,24,28). The van der Waals surface area contributed by atoms with Gasteiger partial charge in [-0.2, -0.15) is 16.9 Å². The van der Waals surface area contributed by atoms with E-state index in [0.29, 0.717) is 31.9 Å². The lowest BCUT2D eigenvalue weighted by Gasteiger charge is -2.20. The number of thioether (sulfide) groups is 1. The van der Waals surface area contributed by atoms with Crippen molar-refractivity contribution in [3.05, 3.63) is 77.0 Å². The van der Waals surface area contributed by atoms with Crippen molar-refractivity contribution in [3.8, 4) is 0 Å². The van der Waals surface area contributed by atoms with Crippen LogP contribution in [0.1, 0.15) is 44.3 Å². The van der Waals surface area contributed by atoms with Crippen LogP contribution in [0.25, 0.3) is 0 Å². The van der Waals surface area contributed by atoms with E-state index >= 15 is 0 Å². The van der Waals surface area contributed by atoms with Crippen LogP contribution in [0, 0.1) is 6.92 Å². The second-order valence-electron chi connectivity index (χ2n) is 7.60. The van der Waals surface area contributed by atoms with Gasteiger partial charge in [-0.05, 0) is 31.0 Å². The van der Waals surface area contributed by atoms with Crippen molar-refractivity contribution < 1.29 is 14.0 Å². The fraction of sp³-hybridized carbons (Fsp3) is 0.348. The molecule has 3 heterocycles. The number of aromatic nitrogens is 2. The van der Waals surface area contributed by atoms with Crippen molar-refractivity contribution in [2.24, 2.45) is 0 Å². The van der Waals surface area contributed by atoms with Gasteiger partial charge < -0.3 is 14.6 Å². The fourth-order valence-electron chi connectivity index (χ4n) is 3.62. The quantitative estimate of drug-likeness (QED) is 0.545. The molecule has 7 nitrogen and oxygen atoms in total. The number of nitrogens with one attached hydrogen (secondary N) is 1. The molecule has 0 radical (unpaired) electrons. The Hall–Kier alpha value is -3.00. The maximum atomic E-state index is 13.1. The summed E-state index contributed by atoms with van der Waals surface area (Å²) in [5, 5.41) is 7.28. The Labute approximate surface area is 185 Å². The first kappa shape index (κ1) is 21.2. The van der Waals surface area contributed by atoms with Gasteiger partial charge in [-0.25, -0.2) is 0 Å². The minimum absolute atomic E-state index is 0.0837. The Bertz CT molecular complexity index is 1050. The van der Waals surface area contributed by atoms with Crippen molar-refractivity contribution in [1.82, 2.24) is 20.0 Å². The summed E-state index contributed by atoms with van der Waals surface area (Å²) in [6.07, 6.45) is 2.46. The van der Waals surface area contributed by atoms with E-state index in [9.17, 15) is 9.59 Å². The molecule has 0 fully saturated rings. The molecule has 1 aliphatic heterocycles. The van der Waals surface area contributed by atoms with E-state index in [1.165, 1.54) is 5.56 Å². The van der Waals surface area contributed by atoms with Crippen LogP contribution in [0.2, 0.25) is 0 Å². The number of furan rings is 1. The predicted molar refractivity (Wildman–Crippen MR) is 120 cm³/mol. The van der Waals surface area contributed by atoms with Gasteiger partial charge in [0.25, 0.3) is 11.8 Å². The minimum Gasteiger partial charge on any atom is -0.468 e. The number of amides is 2. The van der Waals surface area contributed by atoms with E-state index in [4.69, 9.17) is 4.42 Å². The first-order chi connectivity index (χ1) is 15.1. The first-order valence-electron chi connectivity index (χ1n) is 10.4. The number of hydrogen-bond donors (Lipinski definition) is 1. The summed E-state index contributed by atoms with van der Waals surface area (Å²) in [5.41, 5.74) is 3.04. The van der Waals surface area contributed by atoms with Crippen LogP contribution in [-0.4, -0.2) is 45.3 Å². The third-order valence-electron chi connectivity index (χ3n) is 5.13. The Morgan fingerprint density at radius 3 is 2.94 bits per heavy atom. The average Bonchev–Trinajstić information content (AvgIpc) is 3.40. The number of hydrogen-bond acceptors (Lipinski definition) is 5. The molecule has 2 amide bonds. The van der Waals surface area contributed by atoms with Gasteiger partial charge in [-0.3, -0.25) is 14.3 Å². The van der Waals surface area contributed by atoms with Crippen LogP contribution in [-0.2, 0) is 18.8 Å². The summed E-state index contributed by atoms with van der Waals surface area (Å²) >= 11 is 1.69. The Kier molecular flexibility index (Phi) is 6.76. The second kappa shape index (κ2) is 9.87. The minimum atomic E-state index is -0.253. The topological polar surface area (TPSA) is 80.4 Å². The molecule has 2 aromatic heterocycles. The van der Waals surface area contributed by atoms with Gasteiger partial charge in [0.2, 0.25) is 0 Å². The van der Waals surface area contributed by atoms with E-state index in [1.54, 1.807) is 28.8 Å². The summed E-state index contributed by atoms with van der Waals surface area (Å²) in [6.45, 7) is 4.42. The van der Waals surface area contributed by atoms with Gasteiger partial charge in [-0.1, -0.05) is 29.8 Å². The molecule has 1 aliphatic rings. The van der Waals surface area contributed by atoms with E-state index < -0.39 is 0 Å². The zero-order valence-corrected chi connectivity index (χ0v) is 18.4. The monoisotopic (exact) mass is 438 g/mol. The lowest BCUT2D eigenvalue weighted by molar-refractivity contribution is 0.0745. The van der Waals surface area contributed by atoms with Gasteiger partial charge in [-0.15, -0.1) is 0 Å². The van der Waals surface area contributed by atoms with Crippen molar-refractivity contribution >= 4 is 23.6 Å². The second-order valence-corrected chi connectivity index (χ2v) is 8.70. The van der Waals surface area contributed by atoms with Crippen LogP contribution in [0.4, 0.5) is 0 Å². The van der Waals surface area contributed by atoms with Gasteiger partial charge in [0, 0.05) is 38.0 Å². The van der Waals surface area contributed by atoms with Crippen LogP contribution < -0.4 is 5.32 Å². The van der Waals surface area contributed by atoms with Crippen LogP contribution >= 0.6 is 11.8 Å². The Morgan fingerprint density at radius 1 is 1.23 bits per heavy atom. The van der Waals surface area contributed by atoms with Gasteiger partial charge in [0.1, 0.15) is 11.5 Å². The maximum Gasteiger partial charge on any atom is 0.272 e. The van der Waals surface area contributed by atoms with Crippen molar-refractivity contribution in [1.29, 1.82) is 0 Å². The SMILES string of the molecule is Cc1cccc(CN2CCCn3nc(C(=O)NCCSCc4ccco4)cc3C2=O)c1. The van der Waals surface area contributed by atoms with Crippen LogP contribution in [0.15, 0.2) is 53.1 Å². The molecule has 31 heavy (non-hydrogen) atoms. The van der Waals surface area contributed by atoms with Crippen molar-refractivity contribution in [3.63, 3.8) is 0 Å². The molecule has 1 N–H and O–H groups in total. The molecule has 0 atom stereocenters. The average molecular weight is 439 g/mol. The highest BCUT2D eigenvalue weighted by molar-refractivity contribution is 7.98. The van der Waals surface area contributed by atoms with E-state index in [0.717, 1.165) is 29.3 Å². The number of carbonyl (C=O) groups excluding carboxylic acids is 2. The highest BCUT2D eigenvalue weighted by atomic mass is 32.2. The summed E-state index contributed by atoms with van der Waals surface area (Å²) in [5.74, 6) is 2.12. The molecule has 162 valence electrons. The summed E-state index contributed by atoms with van der Waals surface area (Å²) in [6, 6.07) is 13.6.